The summed E-state index contributed by atoms with van der Waals surface area (Å²) in [4.78, 5) is 3.77. The van der Waals surface area contributed by atoms with E-state index < -0.39 is 12.8 Å². The summed E-state index contributed by atoms with van der Waals surface area (Å²) in [5, 5.41) is 3.03. The number of rotatable bonds is 6. The normalized spacial score (nSPS) is 11.2. The van der Waals surface area contributed by atoms with Crippen molar-refractivity contribution in [3.8, 4) is 11.5 Å². The Bertz CT molecular complexity index is 571. The number of ether oxygens (including phenoxy) is 2. The number of halogens is 3. The van der Waals surface area contributed by atoms with Crippen LogP contribution in [-0.4, -0.2) is 24.9 Å². The molecule has 0 saturated carbocycles. The van der Waals surface area contributed by atoms with Crippen LogP contribution in [0.15, 0.2) is 35.2 Å². The smallest absolute Gasteiger partial charge is 0.422 e. The first-order valence-corrected chi connectivity index (χ1v) is 5.97. The predicted molar refractivity (Wildman–Crippen MR) is 68.4 cm³/mol. The van der Waals surface area contributed by atoms with Crippen LogP contribution in [0.1, 0.15) is 5.76 Å². The maximum Gasteiger partial charge on any atom is 0.422 e. The number of aromatic nitrogens is 1. The average Bonchev–Trinajstić information content (AvgIpc) is 2.95. The standard InChI is InChI=1S/C13H13F3N2O3/c1-19-12-4-9(18-6-10-5-17-8-21-10)2-3-11(12)20-7-13(14,15)16/h2-5,8,18H,6-7H2,1H3. The van der Waals surface area contributed by atoms with E-state index in [0.29, 0.717) is 18.0 Å². The second-order valence-electron chi connectivity index (χ2n) is 4.09. The van der Waals surface area contributed by atoms with Crippen molar-refractivity contribution in [3.63, 3.8) is 0 Å². The van der Waals surface area contributed by atoms with Gasteiger partial charge in [-0.05, 0) is 12.1 Å². The zero-order valence-electron chi connectivity index (χ0n) is 11.1. The minimum absolute atomic E-state index is 0.0278. The minimum atomic E-state index is -4.39. The molecule has 21 heavy (non-hydrogen) atoms. The Morgan fingerprint density at radius 1 is 1.29 bits per heavy atom. The van der Waals surface area contributed by atoms with E-state index in [1.54, 1.807) is 18.3 Å². The molecule has 0 spiro atoms. The highest BCUT2D eigenvalue weighted by Crippen LogP contribution is 2.31. The summed E-state index contributed by atoms with van der Waals surface area (Å²) in [7, 11) is 1.36. The molecule has 0 amide bonds. The van der Waals surface area contributed by atoms with Gasteiger partial charge in [-0.2, -0.15) is 13.2 Å². The fourth-order valence-electron chi connectivity index (χ4n) is 1.57. The van der Waals surface area contributed by atoms with E-state index in [2.05, 4.69) is 10.3 Å². The number of hydrogen-bond donors (Lipinski definition) is 1. The number of benzene rings is 1. The first-order chi connectivity index (χ1) is 9.98. The second kappa shape index (κ2) is 6.38. The van der Waals surface area contributed by atoms with Crippen LogP contribution in [0, 0.1) is 0 Å². The van der Waals surface area contributed by atoms with E-state index in [4.69, 9.17) is 13.9 Å². The Morgan fingerprint density at radius 3 is 2.71 bits per heavy atom. The van der Waals surface area contributed by atoms with Crippen molar-refractivity contribution < 1.29 is 27.1 Å². The van der Waals surface area contributed by atoms with Crippen LogP contribution in [-0.2, 0) is 6.54 Å². The first-order valence-electron chi connectivity index (χ1n) is 5.97. The highest BCUT2D eigenvalue weighted by molar-refractivity contribution is 5.54. The van der Waals surface area contributed by atoms with Gasteiger partial charge in [0, 0.05) is 11.8 Å². The molecule has 8 heteroatoms. The highest BCUT2D eigenvalue weighted by Gasteiger charge is 2.29. The number of methoxy groups -OCH3 is 1. The van der Waals surface area contributed by atoms with Crippen molar-refractivity contribution in [2.75, 3.05) is 19.0 Å². The lowest BCUT2D eigenvalue weighted by molar-refractivity contribution is -0.153. The van der Waals surface area contributed by atoms with Gasteiger partial charge in [-0.25, -0.2) is 4.98 Å². The fourth-order valence-corrected chi connectivity index (χ4v) is 1.57. The molecule has 1 aromatic carbocycles. The van der Waals surface area contributed by atoms with Gasteiger partial charge in [0.2, 0.25) is 0 Å². The number of anilines is 1. The number of nitrogens with one attached hydrogen (secondary N) is 1. The third-order valence-corrected chi connectivity index (χ3v) is 2.51. The van der Waals surface area contributed by atoms with Crippen LogP contribution in [0.4, 0.5) is 18.9 Å². The number of hydrogen-bond acceptors (Lipinski definition) is 5. The Kier molecular flexibility index (Phi) is 4.56. The summed E-state index contributed by atoms with van der Waals surface area (Å²) >= 11 is 0. The van der Waals surface area contributed by atoms with Crippen LogP contribution >= 0.6 is 0 Å². The van der Waals surface area contributed by atoms with E-state index in [1.165, 1.54) is 19.6 Å². The van der Waals surface area contributed by atoms with Crippen LogP contribution in [0.2, 0.25) is 0 Å². The molecule has 2 aromatic rings. The predicted octanol–water partition coefficient (Wildman–Crippen LogP) is 3.24. The summed E-state index contributed by atoms with van der Waals surface area (Å²) in [6.07, 6.45) is -1.52. The summed E-state index contributed by atoms with van der Waals surface area (Å²) in [6.45, 7) is -0.972. The van der Waals surface area contributed by atoms with Crippen molar-refractivity contribution in [1.82, 2.24) is 4.98 Å². The summed E-state index contributed by atoms with van der Waals surface area (Å²) in [5.41, 5.74) is 0.655. The molecule has 1 heterocycles. The van der Waals surface area contributed by atoms with Gasteiger partial charge in [0.05, 0.1) is 19.9 Å². The quantitative estimate of drug-likeness (QED) is 0.887. The Morgan fingerprint density at radius 2 is 2.10 bits per heavy atom. The molecule has 5 nitrogen and oxygen atoms in total. The number of alkyl halides is 3. The van der Waals surface area contributed by atoms with Crippen molar-refractivity contribution in [3.05, 3.63) is 36.5 Å². The molecule has 0 aliphatic rings. The molecule has 0 radical (unpaired) electrons. The van der Waals surface area contributed by atoms with Crippen LogP contribution in [0.5, 0.6) is 11.5 Å². The van der Waals surface area contributed by atoms with Crippen molar-refractivity contribution in [2.24, 2.45) is 0 Å². The van der Waals surface area contributed by atoms with Crippen LogP contribution in [0.25, 0.3) is 0 Å². The van der Waals surface area contributed by atoms with Crippen molar-refractivity contribution in [2.45, 2.75) is 12.7 Å². The monoisotopic (exact) mass is 302 g/mol. The van der Waals surface area contributed by atoms with Crippen LogP contribution < -0.4 is 14.8 Å². The van der Waals surface area contributed by atoms with E-state index in [1.807, 2.05) is 0 Å². The highest BCUT2D eigenvalue weighted by atomic mass is 19.4. The summed E-state index contributed by atoms with van der Waals surface area (Å²) in [5.74, 6) is 0.869. The Balaban J connectivity index is 2.01. The van der Waals surface area contributed by atoms with Gasteiger partial charge in [0.25, 0.3) is 0 Å². The number of nitrogens with zero attached hydrogens (tertiary/aromatic N) is 1. The van der Waals surface area contributed by atoms with Gasteiger partial charge in [-0.3, -0.25) is 0 Å². The van der Waals surface area contributed by atoms with Gasteiger partial charge in [0.15, 0.2) is 24.5 Å². The molecule has 0 saturated heterocycles. The third kappa shape index (κ3) is 4.59. The lowest BCUT2D eigenvalue weighted by Gasteiger charge is -2.14. The third-order valence-electron chi connectivity index (χ3n) is 2.51. The van der Waals surface area contributed by atoms with Gasteiger partial charge in [-0.1, -0.05) is 0 Å². The lowest BCUT2D eigenvalue weighted by atomic mass is 10.2. The van der Waals surface area contributed by atoms with Gasteiger partial charge in [-0.15, -0.1) is 0 Å². The fraction of sp³-hybridized carbons (Fsp3) is 0.308. The number of oxazole rings is 1. The second-order valence-corrected chi connectivity index (χ2v) is 4.09. The summed E-state index contributed by atoms with van der Waals surface area (Å²) < 4.78 is 51.2. The maximum absolute atomic E-state index is 12.1. The molecular formula is C13H13F3N2O3. The Labute approximate surface area is 118 Å². The van der Waals surface area contributed by atoms with Crippen molar-refractivity contribution >= 4 is 5.69 Å². The molecule has 0 unspecified atom stereocenters. The minimum Gasteiger partial charge on any atom is -0.493 e. The van der Waals surface area contributed by atoms with Gasteiger partial charge >= 0.3 is 6.18 Å². The largest absolute Gasteiger partial charge is 0.493 e. The van der Waals surface area contributed by atoms with Gasteiger partial charge in [0.1, 0.15) is 5.76 Å². The Hall–Kier alpha value is -2.38. The lowest BCUT2D eigenvalue weighted by Crippen LogP contribution is -2.19. The van der Waals surface area contributed by atoms with Gasteiger partial charge < -0.3 is 19.2 Å². The zero-order chi connectivity index (χ0) is 15.3. The molecule has 0 aliphatic carbocycles. The van der Waals surface area contributed by atoms with E-state index in [9.17, 15) is 13.2 Å². The summed E-state index contributed by atoms with van der Waals surface area (Å²) in [6, 6.07) is 4.54. The molecule has 0 bridgehead atoms. The zero-order valence-corrected chi connectivity index (χ0v) is 11.1. The first kappa shape index (κ1) is 15.0. The molecule has 2 rings (SSSR count). The molecule has 1 N–H and O–H groups in total. The van der Waals surface area contributed by atoms with E-state index in [-0.39, 0.29) is 11.5 Å². The molecule has 0 atom stereocenters. The molecule has 0 aliphatic heterocycles. The van der Waals surface area contributed by atoms with Crippen molar-refractivity contribution in [1.29, 1.82) is 0 Å². The van der Waals surface area contributed by atoms with E-state index in [0.717, 1.165) is 0 Å². The van der Waals surface area contributed by atoms with E-state index >= 15 is 0 Å². The SMILES string of the molecule is COc1cc(NCc2cnco2)ccc1OCC(F)(F)F. The molecular weight excluding hydrogens is 289 g/mol. The molecule has 114 valence electrons. The van der Waals surface area contributed by atoms with Crippen LogP contribution in [0.3, 0.4) is 0 Å². The topological polar surface area (TPSA) is 56.5 Å². The average molecular weight is 302 g/mol. The molecule has 0 fully saturated rings. The molecule has 1 aromatic heterocycles. The maximum atomic E-state index is 12.1.